The maximum atomic E-state index is 12.4. The number of Topliss-reactive ketones (excluding diaryl/α,β-unsaturated/α-hetero) is 1. The highest BCUT2D eigenvalue weighted by Gasteiger charge is 2.40. The summed E-state index contributed by atoms with van der Waals surface area (Å²) >= 11 is 0. The fraction of sp³-hybridized carbons (Fsp3) is 0.632. The van der Waals surface area contributed by atoms with E-state index in [1.54, 1.807) is 0 Å². The van der Waals surface area contributed by atoms with Gasteiger partial charge in [-0.2, -0.15) is 0 Å². The summed E-state index contributed by atoms with van der Waals surface area (Å²) in [7, 11) is 0. The van der Waals surface area contributed by atoms with Crippen molar-refractivity contribution in [1.29, 1.82) is 0 Å². The summed E-state index contributed by atoms with van der Waals surface area (Å²) in [4.78, 5) is 12.4. The summed E-state index contributed by atoms with van der Waals surface area (Å²) in [5.74, 6) is 3.64. The predicted molar refractivity (Wildman–Crippen MR) is 80.9 cm³/mol. The van der Waals surface area contributed by atoms with Crippen molar-refractivity contribution in [3.8, 4) is 0 Å². The van der Waals surface area contributed by atoms with E-state index in [2.05, 4.69) is 24.3 Å². The van der Waals surface area contributed by atoms with Crippen molar-refractivity contribution in [1.82, 2.24) is 0 Å². The van der Waals surface area contributed by atoms with Gasteiger partial charge in [-0.25, -0.2) is 0 Å². The second kappa shape index (κ2) is 5.02. The molecule has 0 radical (unpaired) electrons. The van der Waals surface area contributed by atoms with Crippen molar-refractivity contribution in [3.05, 3.63) is 35.4 Å². The first-order valence-corrected chi connectivity index (χ1v) is 8.43. The van der Waals surface area contributed by atoms with Crippen LogP contribution in [-0.2, 0) is 0 Å². The highest BCUT2D eigenvalue weighted by molar-refractivity contribution is 5.96. The summed E-state index contributed by atoms with van der Waals surface area (Å²) in [5.41, 5.74) is 2.38. The van der Waals surface area contributed by atoms with Crippen LogP contribution in [0.4, 0.5) is 0 Å². The van der Waals surface area contributed by atoms with Crippen molar-refractivity contribution in [3.63, 3.8) is 0 Å². The number of rotatable bonds is 4. The molecule has 0 spiro atoms. The van der Waals surface area contributed by atoms with Gasteiger partial charge in [0.1, 0.15) is 0 Å². The summed E-state index contributed by atoms with van der Waals surface area (Å²) < 4.78 is 0. The molecule has 1 aromatic rings. The first-order valence-electron chi connectivity index (χ1n) is 8.43. The van der Waals surface area contributed by atoms with Crippen LogP contribution in [0.2, 0.25) is 0 Å². The third kappa shape index (κ3) is 2.21. The zero-order valence-corrected chi connectivity index (χ0v) is 12.2. The van der Waals surface area contributed by atoms with Gasteiger partial charge in [0, 0.05) is 12.0 Å². The van der Waals surface area contributed by atoms with Crippen molar-refractivity contribution in [2.75, 3.05) is 0 Å². The molecular formula is C19H24O. The van der Waals surface area contributed by atoms with Gasteiger partial charge in [0.2, 0.25) is 0 Å². The zero-order valence-electron chi connectivity index (χ0n) is 12.2. The molecule has 3 saturated carbocycles. The third-order valence-electron chi connectivity index (χ3n) is 6.14. The van der Waals surface area contributed by atoms with Gasteiger partial charge in [-0.05, 0) is 61.3 Å². The van der Waals surface area contributed by atoms with Gasteiger partial charge in [0.15, 0.2) is 5.78 Å². The molecule has 3 aliphatic rings. The van der Waals surface area contributed by atoms with Crippen LogP contribution in [0, 0.1) is 17.8 Å². The number of benzene rings is 1. The Labute approximate surface area is 121 Å². The quantitative estimate of drug-likeness (QED) is 0.705. The first-order chi connectivity index (χ1) is 9.79. The summed E-state index contributed by atoms with van der Waals surface area (Å²) in [6.45, 7) is 0. The van der Waals surface area contributed by atoms with Crippen LogP contribution in [0.5, 0.6) is 0 Å². The van der Waals surface area contributed by atoms with E-state index >= 15 is 0 Å². The molecule has 0 aromatic heterocycles. The molecule has 0 heterocycles. The average molecular weight is 268 g/mol. The predicted octanol–water partition coefficient (Wildman–Crippen LogP) is 4.96. The molecule has 0 aliphatic heterocycles. The number of ketones is 1. The van der Waals surface area contributed by atoms with Crippen LogP contribution in [0.3, 0.4) is 0 Å². The maximum Gasteiger partial charge on any atom is 0.163 e. The molecule has 20 heavy (non-hydrogen) atoms. The summed E-state index contributed by atoms with van der Waals surface area (Å²) in [6, 6.07) is 8.53. The van der Waals surface area contributed by atoms with Crippen molar-refractivity contribution < 1.29 is 4.79 Å². The van der Waals surface area contributed by atoms with Gasteiger partial charge in [0.25, 0.3) is 0 Å². The van der Waals surface area contributed by atoms with E-state index in [4.69, 9.17) is 0 Å². The lowest BCUT2D eigenvalue weighted by atomic mass is 9.79. The van der Waals surface area contributed by atoms with Crippen LogP contribution < -0.4 is 0 Å². The second-order valence-corrected chi connectivity index (χ2v) is 7.31. The molecule has 3 fully saturated rings. The van der Waals surface area contributed by atoms with E-state index in [1.165, 1.54) is 50.5 Å². The fourth-order valence-corrected chi connectivity index (χ4v) is 4.67. The van der Waals surface area contributed by atoms with E-state index in [1.807, 2.05) is 0 Å². The number of carbonyl (C=O) groups is 1. The summed E-state index contributed by atoms with van der Waals surface area (Å²) in [5, 5.41) is 0. The Morgan fingerprint density at radius 3 is 2.35 bits per heavy atom. The minimum atomic E-state index is 0.378. The van der Waals surface area contributed by atoms with Gasteiger partial charge in [-0.1, -0.05) is 37.1 Å². The molecule has 1 nitrogen and oxygen atoms in total. The molecule has 4 rings (SSSR count). The smallest absolute Gasteiger partial charge is 0.163 e. The molecule has 1 aromatic carbocycles. The molecule has 0 N–H and O–H groups in total. The van der Waals surface area contributed by atoms with E-state index < -0.39 is 0 Å². The maximum absolute atomic E-state index is 12.4. The van der Waals surface area contributed by atoms with E-state index in [0.717, 1.165) is 29.7 Å². The van der Waals surface area contributed by atoms with Gasteiger partial charge in [-0.3, -0.25) is 4.79 Å². The highest BCUT2D eigenvalue weighted by Crippen LogP contribution is 2.49. The molecular weight excluding hydrogens is 244 g/mol. The molecule has 1 heteroatoms. The average Bonchev–Trinajstić information content (AvgIpc) is 3.00. The Morgan fingerprint density at radius 2 is 1.80 bits per heavy atom. The van der Waals surface area contributed by atoms with Gasteiger partial charge >= 0.3 is 0 Å². The Morgan fingerprint density at radius 1 is 1.00 bits per heavy atom. The third-order valence-corrected chi connectivity index (χ3v) is 6.14. The van der Waals surface area contributed by atoms with Crippen molar-refractivity contribution >= 4 is 5.78 Å². The van der Waals surface area contributed by atoms with E-state index in [-0.39, 0.29) is 0 Å². The van der Waals surface area contributed by atoms with Crippen LogP contribution in [0.25, 0.3) is 0 Å². The van der Waals surface area contributed by atoms with Gasteiger partial charge < -0.3 is 0 Å². The van der Waals surface area contributed by atoms with Gasteiger partial charge in [-0.15, -0.1) is 0 Å². The highest BCUT2D eigenvalue weighted by atomic mass is 16.1. The van der Waals surface area contributed by atoms with Crippen molar-refractivity contribution in [2.45, 2.75) is 57.3 Å². The van der Waals surface area contributed by atoms with E-state index in [9.17, 15) is 4.79 Å². The standard InChI is InChI=1S/C19H24O/c20-19(12-18-11-13-4-5-17(18)10-13)16-8-6-15(7-9-16)14-2-1-3-14/h6-9,13-14,17-18H,1-5,10-12H2. The Hall–Kier alpha value is -1.11. The molecule has 0 amide bonds. The largest absolute Gasteiger partial charge is 0.294 e. The minimum absolute atomic E-state index is 0.378. The lowest BCUT2D eigenvalue weighted by Gasteiger charge is -2.26. The minimum Gasteiger partial charge on any atom is -0.294 e. The van der Waals surface area contributed by atoms with Crippen molar-refractivity contribution in [2.24, 2.45) is 17.8 Å². The Balaban J connectivity index is 1.40. The molecule has 0 saturated heterocycles. The lowest BCUT2D eigenvalue weighted by Crippen LogP contribution is -2.15. The van der Waals surface area contributed by atoms with Crippen LogP contribution in [0.15, 0.2) is 24.3 Å². The number of hydrogen-bond acceptors (Lipinski definition) is 1. The summed E-state index contributed by atoms with van der Waals surface area (Å²) in [6.07, 6.45) is 10.3. The topological polar surface area (TPSA) is 17.1 Å². The number of hydrogen-bond donors (Lipinski definition) is 0. The number of carbonyl (C=O) groups excluding carboxylic acids is 1. The number of fused-ring (bicyclic) bond motifs is 2. The van der Waals surface area contributed by atoms with Gasteiger partial charge in [0.05, 0.1) is 0 Å². The monoisotopic (exact) mass is 268 g/mol. The Kier molecular flexibility index (Phi) is 3.17. The van der Waals surface area contributed by atoms with Crippen LogP contribution in [-0.4, -0.2) is 5.78 Å². The zero-order chi connectivity index (χ0) is 13.5. The molecule has 3 aliphatic carbocycles. The SMILES string of the molecule is O=C(CC1CC2CCC1C2)c1ccc(C2CCC2)cc1. The molecule has 2 bridgehead atoms. The van der Waals surface area contributed by atoms with E-state index in [0.29, 0.717) is 11.7 Å². The second-order valence-electron chi connectivity index (χ2n) is 7.31. The first kappa shape index (κ1) is 12.6. The normalized spacial score (nSPS) is 32.3. The molecule has 3 unspecified atom stereocenters. The van der Waals surface area contributed by atoms with Crippen LogP contribution in [0.1, 0.15) is 73.2 Å². The lowest BCUT2D eigenvalue weighted by molar-refractivity contribution is 0.0944. The fourth-order valence-electron chi connectivity index (χ4n) is 4.67. The molecule has 3 atom stereocenters. The molecule has 106 valence electrons. The van der Waals surface area contributed by atoms with Crippen LogP contribution >= 0.6 is 0 Å². The Bertz CT molecular complexity index is 497.